The van der Waals surface area contributed by atoms with Crippen LogP contribution >= 0.6 is 0 Å². The second-order valence-electron chi connectivity index (χ2n) is 3.18. The molecule has 0 saturated heterocycles. The van der Waals surface area contributed by atoms with Gasteiger partial charge in [0, 0.05) is 13.5 Å². The maximum absolute atomic E-state index is 11.6. The minimum absolute atomic E-state index is 0.0921. The molecule has 0 radical (unpaired) electrons. The number of carbonyl (C=O) groups excluding carboxylic acids is 1. The van der Waals surface area contributed by atoms with Crippen molar-refractivity contribution < 1.29 is 9.53 Å². The third-order valence-corrected chi connectivity index (χ3v) is 2.14. The van der Waals surface area contributed by atoms with E-state index in [4.69, 9.17) is 10.00 Å². The Morgan fingerprint density at radius 1 is 1.47 bits per heavy atom. The number of methoxy groups -OCH3 is 1. The van der Waals surface area contributed by atoms with Crippen molar-refractivity contribution in [2.45, 2.75) is 12.3 Å². The molecule has 1 aromatic rings. The molecule has 0 bridgehead atoms. The number of nitriles is 1. The first-order chi connectivity index (χ1) is 7.29. The summed E-state index contributed by atoms with van der Waals surface area (Å²) in [5.74, 6) is -0.758. The summed E-state index contributed by atoms with van der Waals surface area (Å²) in [6.07, 6.45) is 0.281. The number of rotatable bonds is 5. The van der Waals surface area contributed by atoms with Crippen molar-refractivity contribution in [2.24, 2.45) is 0 Å². The average molecular weight is 203 g/mol. The topological polar surface area (TPSA) is 50.1 Å². The van der Waals surface area contributed by atoms with E-state index in [0.29, 0.717) is 6.61 Å². The van der Waals surface area contributed by atoms with Crippen molar-refractivity contribution in [3.05, 3.63) is 35.9 Å². The zero-order chi connectivity index (χ0) is 11.1. The molecular weight excluding hydrogens is 190 g/mol. The van der Waals surface area contributed by atoms with Crippen LogP contribution in [0.25, 0.3) is 0 Å². The van der Waals surface area contributed by atoms with Gasteiger partial charge in [-0.1, -0.05) is 30.3 Å². The number of hydrogen-bond donors (Lipinski definition) is 0. The lowest BCUT2D eigenvalue weighted by atomic mass is 9.95. The van der Waals surface area contributed by atoms with Crippen molar-refractivity contribution in [1.82, 2.24) is 0 Å². The average Bonchev–Trinajstić information content (AvgIpc) is 2.29. The van der Waals surface area contributed by atoms with Crippen LogP contribution in [0.2, 0.25) is 0 Å². The smallest absolute Gasteiger partial charge is 0.156 e. The van der Waals surface area contributed by atoms with Crippen molar-refractivity contribution in [3.63, 3.8) is 0 Å². The minimum atomic E-state index is -0.665. The number of hydrogen-bond acceptors (Lipinski definition) is 3. The molecule has 0 heterocycles. The molecule has 15 heavy (non-hydrogen) atoms. The number of benzene rings is 1. The Morgan fingerprint density at radius 2 is 2.13 bits per heavy atom. The van der Waals surface area contributed by atoms with Gasteiger partial charge in [0.15, 0.2) is 5.78 Å². The molecule has 0 N–H and O–H groups in total. The quantitative estimate of drug-likeness (QED) is 0.734. The Hall–Kier alpha value is -1.66. The van der Waals surface area contributed by atoms with Gasteiger partial charge in [0.2, 0.25) is 0 Å². The summed E-state index contributed by atoms with van der Waals surface area (Å²) in [4.78, 5) is 11.6. The van der Waals surface area contributed by atoms with Crippen LogP contribution in [0.4, 0.5) is 0 Å². The fourth-order valence-corrected chi connectivity index (χ4v) is 1.32. The van der Waals surface area contributed by atoms with Gasteiger partial charge in [-0.05, 0) is 5.56 Å². The molecule has 0 aromatic heterocycles. The van der Waals surface area contributed by atoms with Crippen molar-refractivity contribution >= 4 is 5.78 Å². The molecule has 0 amide bonds. The predicted molar refractivity (Wildman–Crippen MR) is 56.3 cm³/mol. The monoisotopic (exact) mass is 203 g/mol. The van der Waals surface area contributed by atoms with E-state index in [1.165, 1.54) is 7.11 Å². The third kappa shape index (κ3) is 3.19. The molecule has 0 aliphatic carbocycles. The second-order valence-corrected chi connectivity index (χ2v) is 3.18. The van der Waals surface area contributed by atoms with Crippen LogP contribution in [0.3, 0.4) is 0 Å². The lowest BCUT2D eigenvalue weighted by molar-refractivity contribution is -0.120. The third-order valence-electron chi connectivity index (χ3n) is 2.14. The number of Topliss-reactive ketones (excluding diaryl/α,β-unsaturated/α-hetero) is 1. The summed E-state index contributed by atoms with van der Waals surface area (Å²) in [5.41, 5.74) is 0.751. The second kappa shape index (κ2) is 5.94. The summed E-state index contributed by atoms with van der Waals surface area (Å²) >= 11 is 0. The molecule has 78 valence electrons. The largest absolute Gasteiger partial charge is 0.384 e. The molecule has 0 saturated carbocycles. The van der Waals surface area contributed by atoms with E-state index in [1.807, 2.05) is 24.3 Å². The molecule has 0 fully saturated rings. The zero-order valence-corrected chi connectivity index (χ0v) is 8.64. The van der Waals surface area contributed by atoms with E-state index in [1.54, 1.807) is 12.1 Å². The van der Waals surface area contributed by atoms with Crippen LogP contribution in [0.1, 0.15) is 17.9 Å². The van der Waals surface area contributed by atoms with E-state index in [-0.39, 0.29) is 12.2 Å². The Bertz CT molecular complexity index is 354. The van der Waals surface area contributed by atoms with Gasteiger partial charge in [0.25, 0.3) is 0 Å². The highest BCUT2D eigenvalue weighted by atomic mass is 16.5. The highest BCUT2D eigenvalue weighted by molar-refractivity contribution is 5.88. The maximum Gasteiger partial charge on any atom is 0.156 e. The Labute approximate surface area is 89.3 Å². The molecule has 1 atom stereocenters. The van der Waals surface area contributed by atoms with Gasteiger partial charge in [-0.3, -0.25) is 4.79 Å². The Morgan fingerprint density at radius 3 is 2.67 bits per heavy atom. The van der Waals surface area contributed by atoms with Crippen LogP contribution in [-0.4, -0.2) is 19.5 Å². The predicted octanol–water partition coefficient (Wildman–Crippen LogP) is 1.90. The summed E-state index contributed by atoms with van der Waals surface area (Å²) < 4.78 is 4.81. The van der Waals surface area contributed by atoms with Crippen LogP contribution in [0.5, 0.6) is 0 Å². The van der Waals surface area contributed by atoms with E-state index in [9.17, 15) is 4.79 Å². The minimum Gasteiger partial charge on any atom is -0.384 e. The number of nitrogens with zero attached hydrogens (tertiary/aromatic N) is 1. The van der Waals surface area contributed by atoms with Crippen LogP contribution < -0.4 is 0 Å². The lowest BCUT2D eigenvalue weighted by Gasteiger charge is -2.07. The van der Waals surface area contributed by atoms with Crippen LogP contribution in [-0.2, 0) is 9.53 Å². The van der Waals surface area contributed by atoms with Gasteiger partial charge in [-0.25, -0.2) is 0 Å². The van der Waals surface area contributed by atoms with E-state index < -0.39 is 5.92 Å². The zero-order valence-electron chi connectivity index (χ0n) is 8.64. The first-order valence-electron chi connectivity index (χ1n) is 4.75. The van der Waals surface area contributed by atoms with Crippen LogP contribution in [0.15, 0.2) is 30.3 Å². The molecule has 0 aliphatic rings. The summed E-state index contributed by atoms with van der Waals surface area (Å²) in [7, 11) is 1.54. The Balaban J connectivity index is 2.73. The molecule has 0 aliphatic heterocycles. The molecule has 1 unspecified atom stereocenters. The Kier molecular flexibility index (Phi) is 4.52. The fraction of sp³-hybridized carbons (Fsp3) is 0.333. The van der Waals surface area contributed by atoms with Gasteiger partial charge in [0.05, 0.1) is 12.7 Å². The summed E-state index contributed by atoms with van der Waals surface area (Å²) in [5, 5.41) is 8.94. The molecule has 0 spiro atoms. The molecule has 1 rings (SSSR count). The van der Waals surface area contributed by atoms with Gasteiger partial charge in [0.1, 0.15) is 5.92 Å². The number of ketones is 1. The van der Waals surface area contributed by atoms with E-state index >= 15 is 0 Å². The first kappa shape index (κ1) is 11.4. The maximum atomic E-state index is 11.6. The standard InChI is InChI=1S/C12H13NO2/c1-15-8-7-12(14)11(9-13)10-5-3-2-4-6-10/h2-6,11H,7-8H2,1H3. The highest BCUT2D eigenvalue weighted by Crippen LogP contribution is 2.16. The van der Waals surface area contributed by atoms with Crippen LogP contribution in [0, 0.1) is 11.3 Å². The van der Waals surface area contributed by atoms with Crippen molar-refractivity contribution in [3.8, 4) is 6.07 Å². The fourth-order valence-electron chi connectivity index (χ4n) is 1.32. The molecule has 1 aromatic carbocycles. The number of ether oxygens (including phenoxy) is 1. The van der Waals surface area contributed by atoms with E-state index in [2.05, 4.69) is 0 Å². The van der Waals surface area contributed by atoms with E-state index in [0.717, 1.165) is 5.56 Å². The van der Waals surface area contributed by atoms with Gasteiger partial charge < -0.3 is 4.74 Å². The summed E-state index contributed by atoms with van der Waals surface area (Å²) in [6.45, 7) is 0.365. The molecule has 3 nitrogen and oxygen atoms in total. The normalized spacial score (nSPS) is 11.7. The van der Waals surface area contributed by atoms with Gasteiger partial charge in [-0.15, -0.1) is 0 Å². The van der Waals surface area contributed by atoms with Crippen molar-refractivity contribution in [1.29, 1.82) is 5.26 Å². The number of carbonyl (C=O) groups is 1. The highest BCUT2D eigenvalue weighted by Gasteiger charge is 2.18. The van der Waals surface area contributed by atoms with Gasteiger partial charge >= 0.3 is 0 Å². The van der Waals surface area contributed by atoms with Gasteiger partial charge in [-0.2, -0.15) is 5.26 Å². The molecular formula is C12H13NO2. The summed E-state index contributed by atoms with van der Waals surface area (Å²) in [6, 6.07) is 11.1. The first-order valence-corrected chi connectivity index (χ1v) is 4.75. The molecule has 3 heteroatoms. The lowest BCUT2D eigenvalue weighted by Crippen LogP contribution is -2.12. The SMILES string of the molecule is COCCC(=O)C(C#N)c1ccccc1. The van der Waals surface area contributed by atoms with Crippen molar-refractivity contribution in [2.75, 3.05) is 13.7 Å².